The summed E-state index contributed by atoms with van der Waals surface area (Å²) in [4.78, 5) is 28.3. The molecule has 270 valence electrons. The molecule has 0 aliphatic carbocycles. The van der Waals surface area contributed by atoms with Crippen LogP contribution in [0.4, 0.5) is 30.7 Å². The van der Waals surface area contributed by atoms with Crippen molar-refractivity contribution in [2.75, 3.05) is 27.5 Å². The first-order valence-electron chi connectivity index (χ1n) is 15.3. The number of nitriles is 1. The number of hydrogen-bond acceptors (Lipinski definition) is 10. The second-order valence-corrected chi connectivity index (χ2v) is 12.7. The number of nitrogens with zero attached hydrogens (tertiary/aromatic N) is 3. The summed E-state index contributed by atoms with van der Waals surface area (Å²) in [6.07, 6.45) is -6.58. The molecule has 50 heavy (non-hydrogen) atoms. The van der Waals surface area contributed by atoms with Gasteiger partial charge in [0.1, 0.15) is 11.8 Å². The van der Waals surface area contributed by atoms with Gasteiger partial charge in [0.15, 0.2) is 23.0 Å². The normalized spacial score (nSPS) is 24.4. The smallest absolute Gasteiger partial charge is 0.460 e. The Balaban J connectivity index is 1.56. The van der Waals surface area contributed by atoms with Crippen LogP contribution in [0.25, 0.3) is 0 Å². The number of methoxy groups -OCH3 is 1. The number of phenols is 1. The summed E-state index contributed by atoms with van der Waals surface area (Å²) >= 11 is 0. The average Bonchev–Trinajstić information content (AvgIpc) is 3.52. The van der Waals surface area contributed by atoms with Crippen LogP contribution in [-0.2, 0) is 22.4 Å². The molecule has 2 N–H and O–H groups in total. The van der Waals surface area contributed by atoms with Crippen LogP contribution < -0.4 is 24.3 Å². The van der Waals surface area contributed by atoms with Gasteiger partial charge in [0.25, 0.3) is 5.91 Å². The van der Waals surface area contributed by atoms with E-state index in [1.54, 1.807) is 31.1 Å². The number of aromatic hydroxyl groups is 1. The van der Waals surface area contributed by atoms with Crippen LogP contribution in [0.15, 0.2) is 6.07 Å². The number of ether oxygens (including phenoxy) is 4. The first kappa shape index (κ1) is 35.3. The predicted molar refractivity (Wildman–Crippen MR) is 156 cm³/mol. The number of alkyl halides is 7. The summed E-state index contributed by atoms with van der Waals surface area (Å²) in [6, 6.07) is -0.723. The molecule has 4 aliphatic rings. The highest BCUT2D eigenvalue weighted by Gasteiger charge is 2.76. The van der Waals surface area contributed by atoms with Crippen molar-refractivity contribution >= 4 is 11.9 Å². The first-order valence-corrected chi connectivity index (χ1v) is 15.3. The standard InChI is InChI=1S/C32H31F7N4O7/c1-12-6-15-7-17-19(9-40)43-18(23(42(17)4)21(15)24(45)25(12)47-5)8-16-22(28-27(48-11-49-28)13(2)26(16)50-14(3)44)20(43)10-41-29(46)30(33,34)31(35,36)32(37,38)39/h6,17-20,23,45H,7-8,10-11H2,1-5H3,(H,41,46)/t17-,18?,19-,20-,23+/m0/s1. The van der Waals surface area contributed by atoms with Gasteiger partial charge in [-0.1, -0.05) is 6.07 Å². The van der Waals surface area contributed by atoms with E-state index in [4.69, 9.17) is 18.9 Å². The van der Waals surface area contributed by atoms with Crippen molar-refractivity contribution in [3.05, 3.63) is 39.4 Å². The molecule has 0 saturated carbocycles. The number of fused-ring (bicyclic) bond motifs is 9. The monoisotopic (exact) mass is 716 g/mol. The predicted octanol–water partition coefficient (Wildman–Crippen LogP) is 4.39. The number of benzene rings is 2. The fraction of sp³-hybridized carbons (Fsp3) is 0.531. The Hall–Kier alpha value is -4.50. The lowest BCUT2D eigenvalue weighted by Gasteiger charge is -2.60. The van der Waals surface area contributed by atoms with Gasteiger partial charge in [-0.2, -0.15) is 36.0 Å². The van der Waals surface area contributed by atoms with Crippen LogP contribution in [-0.4, -0.2) is 90.4 Å². The summed E-state index contributed by atoms with van der Waals surface area (Å²) in [5.74, 6) is -16.5. The molecule has 11 nitrogen and oxygen atoms in total. The van der Waals surface area contributed by atoms with Gasteiger partial charge in [-0.05, 0) is 44.9 Å². The molecule has 0 spiro atoms. The zero-order valence-corrected chi connectivity index (χ0v) is 27.2. The number of amides is 1. The van der Waals surface area contributed by atoms with Gasteiger partial charge < -0.3 is 29.4 Å². The van der Waals surface area contributed by atoms with Crippen LogP contribution in [0, 0.1) is 25.2 Å². The fourth-order valence-electron chi connectivity index (χ4n) is 7.93. The number of carbonyl (C=O) groups excluding carboxylic acids is 2. The largest absolute Gasteiger partial charge is 0.504 e. The van der Waals surface area contributed by atoms with Crippen molar-refractivity contribution in [3.8, 4) is 34.8 Å². The van der Waals surface area contributed by atoms with Gasteiger partial charge in [0.2, 0.25) is 6.79 Å². The second-order valence-electron chi connectivity index (χ2n) is 12.7. The number of piperazine rings is 1. The Bertz CT molecular complexity index is 1830. The highest BCUT2D eigenvalue weighted by molar-refractivity contribution is 5.85. The molecule has 0 aromatic heterocycles. The van der Waals surface area contributed by atoms with Gasteiger partial charge in [0.05, 0.1) is 25.3 Å². The van der Waals surface area contributed by atoms with E-state index in [0.29, 0.717) is 22.3 Å². The first-order chi connectivity index (χ1) is 23.3. The fourth-order valence-corrected chi connectivity index (χ4v) is 7.93. The van der Waals surface area contributed by atoms with Crippen LogP contribution >= 0.6 is 0 Å². The zero-order valence-electron chi connectivity index (χ0n) is 27.2. The Kier molecular flexibility index (Phi) is 8.33. The van der Waals surface area contributed by atoms with E-state index in [-0.39, 0.29) is 59.5 Å². The molecule has 1 unspecified atom stereocenters. The Labute approximate surface area is 280 Å². The van der Waals surface area contributed by atoms with Crippen LogP contribution in [0.1, 0.15) is 52.4 Å². The number of aryl methyl sites for hydroxylation is 1. The molecular formula is C32H31F7N4O7. The minimum absolute atomic E-state index is 0.0123. The molecule has 2 aromatic rings. The highest BCUT2D eigenvalue weighted by atomic mass is 19.4. The van der Waals surface area contributed by atoms with Crippen LogP contribution in [0.2, 0.25) is 0 Å². The molecule has 18 heteroatoms. The zero-order chi connectivity index (χ0) is 36.8. The van der Waals surface area contributed by atoms with Gasteiger partial charge in [-0.3, -0.25) is 19.4 Å². The molecule has 1 saturated heterocycles. The summed E-state index contributed by atoms with van der Waals surface area (Å²) < 4.78 is 118. The summed E-state index contributed by atoms with van der Waals surface area (Å²) in [5, 5.41) is 23.7. The molecule has 4 heterocycles. The number of halogens is 7. The third-order valence-corrected chi connectivity index (χ3v) is 10.0. The maximum atomic E-state index is 14.6. The van der Waals surface area contributed by atoms with E-state index in [0.717, 1.165) is 6.92 Å². The van der Waals surface area contributed by atoms with Crippen LogP contribution in [0.3, 0.4) is 0 Å². The summed E-state index contributed by atoms with van der Waals surface area (Å²) in [6.45, 7) is 3.06. The third kappa shape index (κ3) is 4.91. The summed E-state index contributed by atoms with van der Waals surface area (Å²) in [7, 11) is 3.09. The topological polar surface area (TPSA) is 134 Å². The van der Waals surface area contributed by atoms with Crippen LogP contribution in [0.5, 0.6) is 28.7 Å². The summed E-state index contributed by atoms with van der Waals surface area (Å²) in [5.41, 5.74) is 2.39. The molecule has 1 fully saturated rings. The van der Waals surface area contributed by atoms with E-state index in [9.17, 15) is 50.7 Å². The number of esters is 1. The van der Waals surface area contributed by atoms with E-state index in [1.807, 2.05) is 11.0 Å². The number of nitrogens with one attached hydrogen (secondary N) is 1. The number of rotatable bonds is 6. The quantitative estimate of drug-likeness (QED) is 0.252. The lowest BCUT2D eigenvalue weighted by Crippen LogP contribution is -2.69. The SMILES string of the molecule is COc1c(C)cc2c(c1O)[C@H]1C3Cc4c(OC(C)=O)c(C)c5c(c4[C@H](CNC(=O)C(F)(F)C(F)(F)C(F)(F)F)N3[C@@H](C#N)[C@H](C2)N1C)OCO5. The Morgan fingerprint density at radius 3 is 2.32 bits per heavy atom. The van der Waals surface area contributed by atoms with Crippen molar-refractivity contribution in [2.45, 2.75) is 81.8 Å². The lowest BCUT2D eigenvalue weighted by atomic mass is 9.71. The molecule has 6 rings (SSSR count). The average molecular weight is 717 g/mol. The molecule has 1 amide bonds. The molecule has 0 radical (unpaired) electrons. The lowest BCUT2D eigenvalue weighted by molar-refractivity contribution is -0.344. The van der Waals surface area contributed by atoms with Crippen molar-refractivity contribution in [2.24, 2.45) is 0 Å². The number of likely N-dealkylation sites (N-methyl/N-ethyl adjacent to an activating group) is 1. The number of hydrogen-bond donors (Lipinski definition) is 2. The maximum absolute atomic E-state index is 14.6. The second kappa shape index (κ2) is 11.8. The Morgan fingerprint density at radius 1 is 1.06 bits per heavy atom. The van der Waals surface area contributed by atoms with E-state index >= 15 is 0 Å². The maximum Gasteiger partial charge on any atom is 0.460 e. The number of phenolic OH excluding ortho intramolecular Hbond substituents is 1. The van der Waals surface area contributed by atoms with Gasteiger partial charge in [0, 0.05) is 47.8 Å². The highest BCUT2D eigenvalue weighted by Crippen LogP contribution is 2.58. The molecule has 2 aromatic carbocycles. The van der Waals surface area contributed by atoms with Crippen molar-refractivity contribution in [1.29, 1.82) is 5.26 Å². The minimum Gasteiger partial charge on any atom is -0.504 e. The molecule has 2 bridgehead atoms. The van der Waals surface area contributed by atoms with Gasteiger partial charge >= 0.3 is 24.0 Å². The number of carbonyl (C=O) groups is 2. The molecule has 4 aliphatic heterocycles. The third-order valence-electron chi connectivity index (χ3n) is 10.0. The Morgan fingerprint density at radius 2 is 1.72 bits per heavy atom. The van der Waals surface area contributed by atoms with Crippen molar-refractivity contribution in [1.82, 2.24) is 15.1 Å². The van der Waals surface area contributed by atoms with Crippen molar-refractivity contribution < 1.29 is 64.4 Å². The molecule has 5 atom stereocenters. The van der Waals surface area contributed by atoms with E-state index in [1.165, 1.54) is 7.11 Å². The van der Waals surface area contributed by atoms with Gasteiger partial charge in [-0.15, -0.1) is 0 Å². The minimum atomic E-state index is -6.76. The van der Waals surface area contributed by atoms with E-state index in [2.05, 4.69) is 6.07 Å². The van der Waals surface area contributed by atoms with Crippen molar-refractivity contribution in [3.63, 3.8) is 0 Å². The molecular weight excluding hydrogens is 685 g/mol. The van der Waals surface area contributed by atoms with E-state index < -0.39 is 66.7 Å². The van der Waals surface area contributed by atoms with Gasteiger partial charge in [-0.25, -0.2) is 0 Å².